The highest BCUT2D eigenvalue weighted by Crippen LogP contribution is 2.31. The Labute approximate surface area is 90.7 Å². The summed E-state index contributed by atoms with van der Waals surface area (Å²) >= 11 is 0. The van der Waals surface area contributed by atoms with Crippen molar-refractivity contribution in [3.63, 3.8) is 0 Å². The predicted octanol–water partition coefficient (Wildman–Crippen LogP) is 3.37. The number of aryl methyl sites for hydroxylation is 1. The molecule has 1 nitrogen and oxygen atoms in total. The van der Waals surface area contributed by atoms with Gasteiger partial charge in [-0.25, -0.2) is 4.39 Å². The lowest BCUT2D eigenvalue weighted by Gasteiger charge is -2.30. The summed E-state index contributed by atoms with van der Waals surface area (Å²) < 4.78 is 13.3. The third kappa shape index (κ3) is 1.99. The maximum Gasteiger partial charge on any atom is 0.123 e. The van der Waals surface area contributed by atoms with Gasteiger partial charge in [0.1, 0.15) is 5.82 Å². The van der Waals surface area contributed by atoms with Gasteiger partial charge in [-0.05, 0) is 48.4 Å². The molecule has 0 aliphatic carbocycles. The molecule has 0 fully saturated rings. The minimum atomic E-state index is -0.113. The second kappa shape index (κ2) is 3.84. The van der Waals surface area contributed by atoms with Crippen LogP contribution in [0.25, 0.3) is 0 Å². The van der Waals surface area contributed by atoms with Gasteiger partial charge >= 0.3 is 0 Å². The fourth-order valence-corrected chi connectivity index (χ4v) is 2.29. The first kappa shape index (κ1) is 10.5. The molecule has 1 aliphatic rings. The van der Waals surface area contributed by atoms with Crippen molar-refractivity contribution in [3.8, 4) is 0 Å². The second-order valence-corrected chi connectivity index (χ2v) is 4.85. The van der Waals surface area contributed by atoms with Crippen LogP contribution in [-0.2, 0) is 6.42 Å². The van der Waals surface area contributed by atoms with Gasteiger partial charge in [-0.2, -0.15) is 0 Å². The van der Waals surface area contributed by atoms with Crippen LogP contribution in [0.2, 0.25) is 0 Å². The first-order valence-corrected chi connectivity index (χ1v) is 5.61. The average Bonchev–Trinajstić information content (AvgIpc) is 2.16. The molecule has 2 heteroatoms. The van der Waals surface area contributed by atoms with Gasteiger partial charge < -0.3 is 5.32 Å². The summed E-state index contributed by atoms with van der Waals surface area (Å²) in [5, 5.41) is 3.42. The molecule has 0 spiro atoms. The van der Waals surface area contributed by atoms with Gasteiger partial charge in [-0.15, -0.1) is 0 Å². The van der Waals surface area contributed by atoms with Crippen LogP contribution in [0.3, 0.4) is 0 Å². The summed E-state index contributed by atoms with van der Waals surface area (Å²) in [6.45, 7) is 7.43. The molecule has 1 aromatic carbocycles. The van der Waals surface area contributed by atoms with Crippen molar-refractivity contribution in [2.75, 3.05) is 11.9 Å². The summed E-state index contributed by atoms with van der Waals surface area (Å²) in [5.74, 6) is 1.16. The highest BCUT2D eigenvalue weighted by atomic mass is 19.1. The summed E-state index contributed by atoms with van der Waals surface area (Å²) in [5.41, 5.74) is 3.30. The predicted molar refractivity (Wildman–Crippen MR) is 61.7 cm³/mol. The van der Waals surface area contributed by atoms with E-state index in [9.17, 15) is 4.39 Å². The Morgan fingerprint density at radius 3 is 2.80 bits per heavy atom. The zero-order valence-corrected chi connectivity index (χ0v) is 9.60. The zero-order valence-electron chi connectivity index (χ0n) is 9.60. The summed E-state index contributed by atoms with van der Waals surface area (Å²) in [7, 11) is 0. The summed E-state index contributed by atoms with van der Waals surface area (Å²) in [6.07, 6.45) is 0.999. The Kier molecular flexibility index (Phi) is 2.68. The van der Waals surface area contributed by atoms with Crippen LogP contribution in [0.1, 0.15) is 25.0 Å². The molecule has 1 aromatic rings. The van der Waals surface area contributed by atoms with Crippen molar-refractivity contribution in [1.82, 2.24) is 0 Å². The zero-order chi connectivity index (χ0) is 11.0. The van der Waals surface area contributed by atoms with E-state index in [1.54, 1.807) is 12.1 Å². The Bertz CT molecular complexity index is 371. The molecule has 0 radical (unpaired) electrons. The standard InChI is InChI=1S/C13H18FN/c1-8(2)11-5-10-6-12(14)4-9(3)13(10)15-7-11/h4,6,8,11,15H,5,7H2,1-3H3. The third-order valence-corrected chi connectivity index (χ3v) is 3.35. The SMILES string of the molecule is Cc1cc(F)cc2c1NCC(C(C)C)C2. The molecule has 1 atom stereocenters. The van der Waals surface area contributed by atoms with Crippen molar-refractivity contribution in [2.24, 2.45) is 11.8 Å². The van der Waals surface area contributed by atoms with Gasteiger partial charge in [0.05, 0.1) is 0 Å². The van der Waals surface area contributed by atoms with Crippen LogP contribution >= 0.6 is 0 Å². The number of anilines is 1. The Balaban J connectivity index is 2.33. The van der Waals surface area contributed by atoms with Crippen molar-refractivity contribution in [1.29, 1.82) is 0 Å². The monoisotopic (exact) mass is 207 g/mol. The van der Waals surface area contributed by atoms with Crippen LogP contribution in [0, 0.1) is 24.6 Å². The molecule has 1 heterocycles. The number of halogens is 1. The smallest absolute Gasteiger partial charge is 0.123 e. The Morgan fingerprint density at radius 1 is 1.40 bits per heavy atom. The van der Waals surface area contributed by atoms with Crippen molar-refractivity contribution in [3.05, 3.63) is 29.1 Å². The lowest BCUT2D eigenvalue weighted by molar-refractivity contribution is 0.392. The van der Waals surface area contributed by atoms with E-state index in [0.29, 0.717) is 11.8 Å². The molecular formula is C13H18FN. The highest BCUT2D eigenvalue weighted by Gasteiger charge is 2.22. The number of hydrogen-bond donors (Lipinski definition) is 1. The first-order chi connectivity index (χ1) is 7.08. The number of benzene rings is 1. The van der Waals surface area contributed by atoms with Crippen LogP contribution in [-0.4, -0.2) is 6.54 Å². The average molecular weight is 207 g/mol. The van der Waals surface area contributed by atoms with Gasteiger partial charge in [0, 0.05) is 12.2 Å². The minimum absolute atomic E-state index is 0.113. The van der Waals surface area contributed by atoms with Gasteiger partial charge in [0.25, 0.3) is 0 Å². The van der Waals surface area contributed by atoms with Crippen LogP contribution in [0.4, 0.5) is 10.1 Å². The third-order valence-electron chi connectivity index (χ3n) is 3.35. The molecular weight excluding hydrogens is 189 g/mol. The van der Waals surface area contributed by atoms with Gasteiger partial charge in [-0.3, -0.25) is 0 Å². The molecule has 0 amide bonds. The molecule has 1 aliphatic heterocycles. The molecule has 15 heavy (non-hydrogen) atoms. The highest BCUT2D eigenvalue weighted by molar-refractivity contribution is 5.59. The maximum absolute atomic E-state index is 13.3. The van der Waals surface area contributed by atoms with Gasteiger partial charge in [0.15, 0.2) is 0 Å². The normalized spacial score (nSPS) is 19.9. The van der Waals surface area contributed by atoms with E-state index in [-0.39, 0.29) is 5.82 Å². The molecule has 1 unspecified atom stereocenters. The fraction of sp³-hybridized carbons (Fsp3) is 0.538. The van der Waals surface area contributed by atoms with E-state index in [0.717, 1.165) is 29.8 Å². The first-order valence-electron chi connectivity index (χ1n) is 5.61. The van der Waals surface area contributed by atoms with Crippen LogP contribution < -0.4 is 5.32 Å². The van der Waals surface area contributed by atoms with E-state index < -0.39 is 0 Å². The summed E-state index contributed by atoms with van der Waals surface area (Å²) in [6, 6.07) is 3.27. The maximum atomic E-state index is 13.3. The second-order valence-electron chi connectivity index (χ2n) is 4.85. The number of rotatable bonds is 1. The lowest BCUT2D eigenvalue weighted by Crippen LogP contribution is -2.27. The molecule has 82 valence electrons. The van der Waals surface area contributed by atoms with E-state index >= 15 is 0 Å². The van der Waals surface area contributed by atoms with Crippen molar-refractivity contribution < 1.29 is 4.39 Å². The van der Waals surface area contributed by atoms with E-state index in [2.05, 4.69) is 19.2 Å². The summed E-state index contributed by atoms with van der Waals surface area (Å²) in [4.78, 5) is 0. The van der Waals surface area contributed by atoms with E-state index in [1.165, 1.54) is 0 Å². The minimum Gasteiger partial charge on any atom is -0.384 e. The van der Waals surface area contributed by atoms with E-state index in [1.807, 2.05) is 6.92 Å². The number of hydrogen-bond acceptors (Lipinski definition) is 1. The quantitative estimate of drug-likeness (QED) is 0.744. The van der Waals surface area contributed by atoms with Crippen molar-refractivity contribution >= 4 is 5.69 Å². The number of nitrogens with one attached hydrogen (secondary N) is 1. The van der Waals surface area contributed by atoms with Gasteiger partial charge in [0.2, 0.25) is 0 Å². The molecule has 1 N–H and O–H groups in total. The molecule has 0 saturated heterocycles. The fourth-order valence-electron chi connectivity index (χ4n) is 2.29. The van der Waals surface area contributed by atoms with Crippen LogP contribution in [0.5, 0.6) is 0 Å². The van der Waals surface area contributed by atoms with E-state index in [4.69, 9.17) is 0 Å². The lowest BCUT2D eigenvalue weighted by atomic mass is 9.85. The van der Waals surface area contributed by atoms with Crippen LogP contribution in [0.15, 0.2) is 12.1 Å². The van der Waals surface area contributed by atoms with Gasteiger partial charge in [-0.1, -0.05) is 13.8 Å². The Morgan fingerprint density at radius 2 is 2.13 bits per heavy atom. The Hall–Kier alpha value is -1.05. The molecule has 0 aromatic heterocycles. The molecule has 2 rings (SSSR count). The van der Waals surface area contributed by atoms with Crippen molar-refractivity contribution in [2.45, 2.75) is 27.2 Å². The topological polar surface area (TPSA) is 12.0 Å². The number of fused-ring (bicyclic) bond motifs is 1. The largest absolute Gasteiger partial charge is 0.384 e. The molecule has 0 saturated carbocycles. The molecule has 0 bridgehead atoms.